The fourth-order valence-corrected chi connectivity index (χ4v) is 5.74. The molecule has 4 aromatic heterocycles. The Balaban J connectivity index is 1.37. The third kappa shape index (κ3) is 3.85. The van der Waals surface area contributed by atoms with Crippen molar-refractivity contribution >= 4 is 56.4 Å². The van der Waals surface area contributed by atoms with Crippen molar-refractivity contribution in [3.05, 3.63) is 28.7 Å². The molecule has 1 fully saturated rings. The molecule has 1 saturated carbocycles. The highest BCUT2D eigenvalue weighted by Gasteiger charge is 2.28. The average Bonchev–Trinajstić information content (AvgIpc) is 3.28. The first-order chi connectivity index (χ1) is 17.5. The number of nitrogens with zero attached hydrogens (tertiary/aromatic N) is 6. The van der Waals surface area contributed by atoms with Crippen LogP contribution >= 0.6 is 11.3 Å². The molecule has 4 aromatic rings. The van der Waals surface area contributed by atoms with Gasteiger partial charge in [-0.25, -0.2) is 19.7 Å². The second-order valence-corrected chi connectivity index (χ2v) is 10.2. The van der Waals surface area contributed by atoms with Gasteiger partial charge in [-0.05, 0) is 32.8 Å². The molecule has 1 aliphatic carbocycles. The van der Waals surface area contributed by atoms with Crippen molar-refractivity contribution in [3.63, 3.8) is 0 Å². The van der Waals surface area contributed by atoms with E-state index in [0.29, 0.717) is 54.8 Å². The molecule has 0 atom stereocenters. The summed E-state index contributed by atoms with van der Waals surface area (Å²) in [5.41, 5.74) is 3.94. The maximum atomic E-state index is 13.0. The number of anilines is 2. The minimum absolute atomic E-state index is 0.0686. The molecule has 0 spiro atoms. The van der Waals surface area contributed by atoms with Gasteiger partial charge in [0.2, 0.25) is 0 Å². The van der Waals surface area contributed by atoms with Gasteiger partial charge in [0.25, 0.3) is 5.91 Å². The Kier molecular flexibility index (Phi) is 5.55. The van der Waals surface area contributed by atoms with Crippen molar-refractivity contribution in [3.8, 4) is 0 Å². The number of rotatable bonds is 6. The van der Waals surface area contributed by atoms with Crippen LogP contribution in [-0.4, -0.2) is 60.2 Å². The summed E-state index contributed by atoms with van der Waals surface area (Å²) < 4.78 is 9.07. The zero-order chi connectivity index (χ0) is 25.0. The topological polar surface area (TPSA) is 119 Å². The lowest BCUT2D eigenvalue weighted by Gasteiger charge is -2.24. The van der Waals surface area contributed by atoms with Gasteiger partial charge in [0.05, 0.1) is 30.7 Å². The van der Waals surface area contributed by atoms with Gasteiger partial charge in [-0.15, -0.1) is 0 Å². The van der Waals surface area contributed by atoms with Crippen LogP contribution in [0, 0.1) is 0 Å². The summed E-state index contributed by atoms with van der Waals surface area (Å²) in [6, 6.07) is 2.20. The van der Waals surface area contributed by atoms with Crippen molar-refractivity contribution in [2.24, 2.45) is 7.05 Å². The maximum absolute atomic E-state index is 13.0. The number of carbonyl (C=O) groups excluding carboxylic acids is 2. The summed E-state index contributed by atoms with van der Waals surface area (Å²) in [4.78, 5) is 42.2. The SMILES string of the molecule is CCOC(=O)N1CCc2nc(Nc3nc4c(cc(C(=O)NC5CC5)n4CC)c4c3ncn4C)sc2C1. The average molecular weight is 509 g/mol. The molecular weight excluding hydrogens is 480 g/mol. The number of carbonyl (C=O) groups is 2. The van der Waals surface area contributed by atoms with Gasteiger partial charge in [-0.2, -0.15) is 0 Å². The zero-order valence-electron chi connectivity index (χ0n) is 20.5. The van der Waals surface area contributed by atoms with Gasteiger partial charge >= 0.3 is 6.09 Å². The van der Waals surface area contributed by atoms with Gasteiger partial charge in [-0.1, -0.05) is 11.3 Å². The van der Waals surface area contributed by atoms with E-state index in [2.05, 4.69) is 15.6 Å². The third-order valence-electron chi connectivity index (χ3n) is 6.65. The molecule has 0 radical (unpaired) electrons. The lowest BCUT2D eigenvalue weighted by Crippen LogP contribution is -2.35. The number of aryl methyl sites for hydroxylation is 2. The summed E-state index contributed by atoms with van der Waals surface area (Å²) in [7, 11) is 1.94. The largest absolute Gasteiger partial charge is 0.450 e. The Labute approximate surface area is 211 Å². The van der Waals surface area contributed by atoms with Crippen LogP contribution in [0.5, 0.6) is 0 Å². The standard InChI is InChI=1S/C24H28N8O3S/c1-4-32-16(22(33)26-13-6-7-13)10-14-19-18(25-12-30(19)3)20(28-21(14)32)29-23-27-15-8-9-31(11-17(15)36-23)24(34)35-5-2/h10,12-13H,4-9,11H2,1-3H3,(H,26,33)(H,27,28,29). The molecule has 6 rings (SSSR count). The number of hydrogen-bond acceptors (Lipinski definition) is 8. The van der Waals surface area contributed by atoms with Gasteiger partial charge in [0.1, 0.15) is 16.9 Å². The van der Waals surface area contributed by atoms with Crippen LogP contribution in [0.25, 0.3) is 22.1 Å². The van der Waals surface area contributed by atoms with Crippen LogP contribution in [0.15, 0.2) is 12.4 Å². The van der Waals surface area contributed by atoms with Crippen molar-refractivity contribution < 1.29 is 14.3 Å². The van der Waals surface area contributed by atoms with Crippen LogP contribution in [0.1, 0.15) is 47.7 Å². The molecule has 2 aliphatic rings. The van der Waals surface area contributed by atoms with Crippen LogP contribution in [0.2, 0.25) is 0 Å². The molecule has 2 amide bonds. The molecular formula is C24H28N8O3S. The predicted octanol–water partition coefficient (Wildman–Crippen LogP) is 3.55. The Bertz CT molecular complexity index is 1500. The Morgan fingerprint density at radius 3 is 2.83 bits per heavy atom. The lowest BCUT2D eigenvalue weighted by atomic mass is 10.2. The Morgan fingerprint density at radius 1 is 1.25 bits per heavy atom. The summed E-state index contributed by atoms with van der Waals surface area (Å²) in [5.74, 6) is 0.523. The maximum Gasteiger partial charge on any atom is 0.410 e. The monoisotopic (exact) mass is 508 g/mol. The van der Waals surface area contributed by atoms with Crippen molar-refractivity contribution in [2.75, 3.05) is 18.5 Å². The first kappa shape index (κ1) is 22.8. The highest BCUT2D eigenvalue weighted by molar-refractivity contribution is 7.15. The van der Waals surface area contributed by atoms with E-state index in [0.717, 1.165) is 40.0 Å². The van der Waals surface area contributed by atoms with Crippen molar-refractivity contribution in [2.45, 2.75) is 52.2 Å². The number of amides is 2. The summed E-state index contributed by atoms with van der Waals surface area (Å²) >= 11 is 1.51. The van der Waals surface area contributed by atoms with E-state index in [1.54, 1.807) is 11.2 Å². The van der Waals surface area contributed by atoms with E-state index in [4.69, 9.17) is 14.7 Å². The minimum Gasteiger partial charge on any atom is -0.450 e. The number of hydrogen-bond donors (Lipinski definition) is 2. The Hall–Kier alpha value is -3.67. The lowest BCUT2D eigenvalue weighted by molar-refractivity contribution is 0.0941. The number of aromatic nitrogens is 5. The molecule has 0 unspecified atom stereocenters. The summed E-state index contributed by atoms with van der Waals surface area (Å²) in [5, 5.41) is 8.07. The molecule has 12 heteroatoms. The van der Waals surface area contributed by atoms with Crippen LogP contribution in [-0.2, 0) is 31.3 Å². The van der Waals surface area contributed by atoms with E-state index in [1.165, 1.54) is 11.3 Å². The molecule has 11 nitrogen and oxygen atoms in total. The first-order valence-corrected chi connectivity index (χ1v) is 13.1. The first-order valence-electron chi connectivity index (χ1n) is 12.3. The molecule has 2 N–H and O–H groups in total. The van der Waals surface area contributed by atoms with E-state index in [1.807, 2.05) is 36.1 Å². The second kappa shape index (κ2) is 8.77. The van der Waals surface area contributed by atoms with Crippen molar-refractivity contribution in [1.82, 2.24) is 34.3 Å². The van der Waals surface area contributed by atoms with Gasteiger partial charge < -0.3 is 29.4 Å². The fourth-order valence-electron chi connectivity index (χ4n) is 4.72. The zero-order valence-corrected chi connectivity index (χ0v) is 21.3. The normalized spacial score (nSPS) is 15.4. The quantitative estimate of drug-likeness (QED) is 0.409. The third-order valence-corrected chi connectivity index (χ3v) is 7.64. The van der Waals surface area contributed by atoms with Crippen LogP contribution in [0.3, 0.4) is 0 Å². The van der Waals surface area contributed by atoms with E-state index in [-0.39, 0.29) is 18.0 Å². The van der Waals surface area contributed by atoms with E-state index >= 15 is 0 Å². The van der Waals surface area contributed by atoms with Crippen molar-refractivity contribution in [1.29, 1.82) is 0 Å². The number of imidazole rings is 1. The second-order valence-electron chi connectivity index (χ2n) is 9.16. The number of thiazole rings is 1. The Morgan fingerprint density at radius 2 is 2.08 bits per heavy atom. The molecule has 5 heterocycles. The fraction of sp³-hybridized carbons (Fsp3) is 0.458. The summed E-state index contributed by atoms with van der Waals surface area (Å²) in [6.45, 7) is 5.86. The van der Waals surface area contributed by atoms with Gasteiger partial charge in [0, 0.05) is 42.9 Å². The molecule has 0 aromatic carbocycles. The summed E-state index contributed by atoms with van der Waals surface area (Å²) in [6.07, 6.45) is 4.21. The smallest absolute Gasteiger partial charge is 0.410 e. The number of pyridine rings is 1. The number of nitrogens with one attached hydrogen (secondary N) is 2. The molecule has 36 heavy (non-hydrogen) atoms. The predicted molar refractivity (Wildman–Crippen MR) is 137 cm³/mol. The van der Waals surface area contributed by atoms with Gasteiger partial charge in [-0.3, -0.25) is 4.79 Å². The number of fused-ring (bicyclic) bond motifs is 4. The van der Waals surface area contributed by atoms with E-state index in [9.17, 15) is 9.59 Å². The molecule has 0 bridgehead atoms. The molecule has 188 valence electrons. The van der Waals surface area contributed by atoms with Crippen LogP contribution < -0.4 is 10.6 Å². The van der Waals surface area contributed by atoms with Crippen LogP contribution in [0.4, 0.5) is 15.7 Å². The highest BCUT2D eigenvalue weighted by Crippen LogP contribution is 2.35. The molecule has 0 saturated heterocycles. The van der Waals surface area contributed by atoms with Gasteiger partial charge in [0.15, 0.2) is 10.9 Å². The number of ether oxygens (including phenoxy) is 1. The molecule has 1 aliphatic heterocycles. The van der Waals surface area contributed by atoms with E-state index < -0.39 is 0 Å². The minimum atomic E-state index is -0.296. The highest BCUT2D eigenvalue weighted by atomic mass is 32.1.